The number of nitrogens with zero attached hydrogens (tertiary/aromatic N) is 2. The highest BCUT2D eigenvalue weighted by Crippen LogP contribution is 2.26. The lowest BCUT2D eigenvalue weighted by atomic mass is 10.4. The van der Waals surface area contributed by atoms with Crippen LogP contribution in [0.5, 0.6) is 0 Å². The number of thiazole rings is 1. The highest BCUT2D eigenvalue weighted by Gasteiger charge is 2.21. The smallest absolute Gasteiger partial charge is 0.273 e. The first-order chi connectivity index (χ1) is 7.99. The van der Waals surface area contributed by atoms with Gasteiger partial charge in [-0.2, -0.15) is 0 Å². The quantitative estimate of drug-likeness (QED) is 0.874. The number of aryl methyl sites for hydroxylation is 1. The van der Waals surface area contributed by atoms with E-state index in [0.29, 0.717) is 11.4 Å². The monoisotopic (exact) mass is 270 g/mol. The number of nitrogens with one attached hydrogen (secondary N) is 1. The molecule has 0 saturated heterocycles. The summed E-state index contributed by atoms with van der Waals surface area (Å²) in [5.74, 6) is 0. The molecule has 0 radical (unpaired) electrons. The number of pyridine rings is 1. The van der Waals surface area contributed by atoms with Gasteiger partial charge in [0.15, 0.2) is 9.34 Å². The van der Waals surface area contributed by atoms with E-state index in [1.54, 1.807) is 25.3 Å². The molecule has 2 aromatic rings. The van der Waals surface area contributed by atoms with Gasteiger partial charge in [0, 0.05) is 6.20 Å². The Balaban J connectivity index is 2.35. The zero-order chi connectivity index (χ0) is 12.5. The Labute approximate surface area is 103 Å². The van der Waals surface area contributed by atoms with Crippen molar-refractivity contribution >= 4 is 32.2 Å². The van der Waals surface area contributed by atoms with Crippen LogP contribution in [0.15, 0.2) is 28.7 Å². The second kappa shape index (κ2) is 4.30. The van der Waals surface area contributed by atoms with Crippen LogP contribution >= 0.6 is 11.3 Å². The molecule has 2 rings (SSSR count). The van der Waals surface area contributed by atoms with Crippen molar-refractivity contribution in [2.75, 3.05) is 10.5 Å². The summed E-state index contributed by atoms with van der Waals surface area (Å²) in [6, 6.07) is 3.26. The average molecular weight is 270 g/mol. The third-order valence-electron chi connectivity index (χ3n) is 1.93. The SMILES string of the molecule is Cc1nc(N)sc1S(=O)(=O)Nc1cccnc1. The van der Waals surface area contributed by atoms with Crippen LogP contribution < -0.4 is 10.5 Å². The van der Waals surface area contributed by atoms with Crippen LogP contribution in [0.2, 0.25) is 0 Å². The summed E-state index contributed by atoms with van der Waals surface area (Å²) in [4.78, 5) is 7.71. The molecule has 0 saturated carbocycles. The van der Waals surface area contributed by atoms with Gasteiger partial charge in [-0.05, 0) is 19.1 Å². The van der Waals surface area contributed by atoms with Gasteiger partial charge in [-0.15, -0.1) is 0 Å². The van der Waals surface area contributed by atoms with Crippen molar-refractivity contribution in [1.82, 2.24) is 9.97 Å². The molecule has 6 nitrogen and oxygen atoms in total. The molecule has 8 heteroatoms. The number of nitrogen functional groups attached to an aromatic ring is 1. The molecular formula is C9H10N4O2S2. The van der Waals surface area contributed by atoms with E-state index in [2.05, 4.69) is 14.7 Å². The minimum absolute atomic E-state index is 0.124. The van der Waals surface area contributed by atoms with E-state index in [-0.39, 0.29) is 9.34 Å². The first-order valence-corrected chi connectivity index (χ1v) is 6.95. The van der Waals surface area contributed by atoms with Gasteiger partial charge in [-0.3, -0.25) is 9.71 Å². The Morgan fingerprint density at radius 2 is 2.24 bits per heavy atom. The molecule has 2 aromatic heterocycles. The number of hydrogen-bond acceptors (Lipinski definition) is 6. The lowest BCUT2D eigenvalue weighted by molar-refractivity contribution is 0.602. The molecule has 0 aromatic carbocycles. The highest BCUT2D eigenvalue weighted by molar-refractivity contribution is 7.94. The molecule has 0 amide bonds. The Morgan fingerprint density at radius 1 is 1.47 bits per heavy atom. The fraction of sp³-hybridized carbons (Fsp3) is 0.111. The van der Waals surface area contributed by atoms with Crippen LogP contribution in [0.3, 0.4) is 0 Å². The first-order valence-electron chi connectivity index (χ1n) is 4.65. The summed E-state index contributed by atoms with van der Waals surface area (Å²) in [6.45, 7) is 1.60. The zero-order valence-electron chi connectivity index (χ0n) is 8.91. The lowest BCUT2D eigenvalue weighted by Gasteiger charge is -2.05. The Hall–Kier alpha value is -1.67. The van der Waals surface area contributed by atoms with Gasteiger partial charge in [-0.25, -0.2) is 13.4 Å². The van der Waals surface area contributed by atoms with E-state index in [9.17, 15) is 8.42 Å². The summed E-state index contributed by atoms with van der Waals surface area (Å²) < 4.78 is 26.6. The van der Waals surface area contributed by atoms with Crippen molar-refractivity contribution in [2.45, 2.75) is 11.1 Å². The third-order valence-corrected chi connectivity index (χ3v) is 4.91. The largest absolute Gasteiger partial charge is 0.375 e. The summed E-state index contributed by atoms with van der Waals surface area (Å²) in [6.07, 6.45) is 2.99. The van der Waals surface area contributed by atoms with Crippen molar-refractivity contribution in [1.29, 1.82) is 0 Å². The van der Waals surface area contributed by atoms with Crippen LogP contribution in [0.1, 0.15) is 5.69 Å². The predicted molar refractivity (Wildman–Crippen MR) is 66.3 cm³/mol. The molecule has 0 aliphatic heterocycles. The maximum atomic E-state index is 12.0. The van der Waals surface area contributed by atoms with Gasteiger partial charge >= 0.3 is 0 Å². The van der Waals surface area contributed by atoms with Crippen LogP contribution in [0, 0.1) is 6.92 Å². The first kappa shape index (κ1) is 11.8. The number of sulfonamides is 1. The molecule has 0 aliphatic rings. The molecule has 0 aliphatic carbocycles. The van der Waals surface area contributed by atoms with Crippen molar-refractivity contribution in [3.63, 3.8) is 0 Å². The highest BCUT2D eigenvalue weighted by atomic mass is 32.2. The molecule has 0 atom stereocenters. The number of rotatable bonds is 3. The summed E-state index contributed by atoms with van der Waals surface area (Å²) in [5, 5.41) is 0.231. The third kappa shape index (κ3) is 2.53. The van der Waals surface area contributed by atoms with Crippen molar-refractivity contribution < 1.29 is 8.42 Å². The van der Waals surface area contributed by atoms with E-state index in [0.717, 1.165) is 11.3 Å². The average Bonchev–Trinajstić information content (AvgIpc) is 2.59. The van der Waals surface area contributed by atoms with E-state index in [1.165, 1.54) is 6.20 Å². The van der Waals surface area contributed by atoms with Crippen molar-refractivity contribution in [3.8, 4) is 0 Å². The zero-order valence-corrected chi connectivity index (χ0v) is 10.5. The van der Waals surface area contributed by atoms with Gasteiger partial charge in [-0.1, -0.05) is 11.3 Å². The van der Waals surface area contributed by atoms with E-state index in [4.69, 9.17) is 5.73 Å². The molecule has 0 bridgehead atoms. The van der Waals surface area contributed by atoms with Gasteiger partial charge in [0.2, 0.25) is 0 Å². The molecular weight excluding hydrogens is 260 g/mol. The number of anilines is 2. The van der Waals surface area contributed by atoms with Crippen LogP contribution in [0.25, 0.3) is 0 Å². The maximum absolute atomic E-state index is 12.0. The summed E-state index contributed by atoms with van der Waals surface area (Å²) in [7, 11) is -3.64. The minimum Gasteiger partial charge on any atom is -0.375 e. The Morgan fingerprint density at radius 3 is 2.76 bits per heavy atom. The van der Waals surface area contributed by atoms with Gasteiger partial charge in [0.1, 0.15) is 0 Å². The predicted octanol–water partition coefficient (Wildman–Crippen LogP) is 1.23. The molecule has 2 heterocycles. The lowest BCUT2D eigenvalue weighted by Crippen LogP contribution is -2.12. The second-order valence-electron chi connectivity index (χ2n) is 3.27. The van der Waals surface area contributed by atoms with E-state index in [1.807, 2.05) is 0 Å². The van der Waals surface area contributed by atoms with Gasteiger partial charge in [0.05, 0.1) is 17.6 Å². The summed E-state index contributed by atoms with van der Waals surface area (Å²) in [5.41, 5.74) is 6.27. The summed E-state index contributed by atoms with van der Waals surface area (Å²) >= 11 is 0.936. The number of aromatic nitrogens is 2. The van der Waals surface area contributed by atoms with Crippen LogP contribution in [-0.2, 0) is 10.0 Å². The molecule has 0 spiro atoms. The Bertz CT molecular complexity index is 622. The molecule has 17 heavy (non-hydrogen) atoms. The van der Waals surface area contributed by atoms with Crippen molar-refractivity contribution in [3.05, 3.63) is 30.2 Å². The Kier molecular flexibility index (Phi) is 2.99. The van der Waals surface area contributed by atoms with Crippen molar-refractivity contribution in [2.24, 2.45) is 0 Å². The fourth-order valence-corrected chi connectivity index (χ4v) is 3.62. The fourth-order valence-electron chi connectivity index (χ4n) is 1.28. The van der Waals surface area contributed by atoms with E-state index < -0.39 is 10.0 Å². The normalized spacial score (nSPS) is 11.4. The molecule has 3 N–H and O–H groups in total. The molecule has 90 valence electrons. The molecule has 0 unspecified atom stereocenters. The van der Waals surface area contributed by atoms with E-state index >= 15 is 0 Å². The van der Waals surface area contributed by atoms with Gasteiger partial charge < -0.3 is 5.73 Å². The van der Waals surface area contributed by atoms with Crippen LogP contribution in [0.4, 0.5) is 10.8 Å². The van der Waals surface area contributed by atoms with Gasteiger partial charge in [0.25, 0.3) is 10.0 Å². The molecule has 0 fully saturated rings. The maximum Gasteiger partial charge on any atom is 0.273 e. The van der Waals surface area contributed by atoms with Crippen LogP contribution in [-0.4, -0.2) is 18.4 Å². The standard InChI is InChI=1S/C9H10N4O2S2/c1-6-8(16-9(10)12-6)17(14,15)13-7-3-2-4-11-5-7/h2-5,13H,1H3,(H2,10,12). The number of nitrogens with two attached hydrogens (primary N) is 1. The second-order valence-corrected chi connectivity index (χ2v) is 6.18. The number of hydrogen-bond donors (Lipinski definition) is 2. The topological polar surface area (TPSA) is 98.0 Å². The minimum atomic E-state index is -3.64.